The van der Waals surface area contributed by atoms with Crippen molar-refractivity contribution in [2.45, 2.75) is 199 Å². The maximum Gasteiger partial charge on any atom is 0.303 e. The number of carboxylic acids is 2. The second-order valence-corrected chi connectivity index (χ2v) is 16.3. The molecule has 2 N–H and O–H groups in total. The number of allylic oxidation sites excluding steroid dienone is 8. The lowest BCUT2D eigenvalue weighted by molar-refractivity contribution is -0.138. The number of unbranched alkanes of at least 4 members (excludes halogenated alkanes) is 22. The molecule has 0 saturated heterocycles. The zero-order valence-corrected chi connectivity index (χ0v) is 37.2. The number of hydrogen-bond acceptors (Lipinski definition) is 5. The topological polar surface area (TPSA) is 96.3 Å². The van der Waals surface area contributed by atoms with Crippen LogP contribution in [-0.4, -0.2) is 54.4 Å². The number of nitrogens with zero attached hydrogens (tertiary/aromatic N) is 1. The molecule has 0 saturated carbocycles. The van der Waals surface area contributed by atoms with Crippen molar-refractivity contribution >= 4 is 11.9 Å². The van der Waals surface area contributed by atoms with Crippen molar-refractivity contribution in [2.24, 2.45) is 0 Å². The Labute approximate surface area is 355 Å². The normalized spacial score (nSPS) is 12.0. The Hall–Kier alpha value is -3.32. The third-order valence-electron chi connectivity index (χ3n) is 10.2. The van der Waals surface area contributed by atoms with E-state index in [4.69, 9.17) is 19.7 Å². The molecule has 0 aromatic heterocycles. The Morgan fingerprint density at radius 1 is 0.448 bits per heavy atom. The van der Waals surface area contributed by atoms with Gasteiger partial charge in [-0.3, -0.25) is 9.59 Å². The van der Waals surface area contributed by atoms with E-state index in [0.717, 1.165) is 108 Å². The van der Waals surface area contributed by atoms with Crippen molar-refractivity contribution in [1.29, 1.82) is 0 Å². The van der Waals surface area contributed by atoms with Crippen molar-refractivity contribution in [3.8, 4) is 11.5 Å². The molecule has 330 valence electrons. The summed E-state index contributed by atoms with van der Waals surface area (Å²) in [6.07, 6.45) is 51.2. The summed E-state index contributed by atoms with van der Waals surface area (Å²) in [6, 6.07) is 6.39. The van der Waals surface area contributed by atoms with E-state index in [2.05, 4.69) is 85.8 Å². The molecule has 0 amide bonds. The van der Waals surface area contributed by atoms with Gasteiger partial charge in [-0.2, -0.15) is 0 Å². The Morgan fingerprint density at radius 3 is 1.09 bits per heavy atom. The van der Waals surface area contributed by atoms with Crippen LogP contribution in [0.15, 0.2) is 66.8 Å². The van der Waals surface area contributed by atoms with E-state index in [9.17, 15) is 9.59 Å². The minimum atomic E-state index is -0.680. The van der Waals surface area contributed by atoms with Crippen LogP contribution in [0.5, 0.6) is 11.5 Å². The van der Waals surface area contributed by atoms with E-state index in [1.165, 1.54) is 108 Å². The summed E-state index contributed by atoms with van der Waals surface area (Å²) in [5.41, 5.74) is 1.23. The predicted molar refractivity (Wildman–Crippen MR) is 245 cm³/mol. The van der Waals surface area contributed by atoms with E-state index < -0.39 is 11.9 Å². The Balaban J connectivity index is 2.05. The average Bonchev–Trinajstić information content (AvgIpc) is 3.18. The van der Waals surface area contributed by atoms with Crippen LogP contribution in [0.25, 0.3) is 0 Å². The lowest BCUT2D eigenvalue weighted by Gasteiger charge is -2.15. The maximum absolute atomic E-state index is 10.5. The van der Waals surface area contributed by atoms with Gasteiger partial charge in [-0.25, -0.2) is 0 Å². The highest BCUT2D eigenvalue weighted by Gasteiger charge is 2.06. The van der Waals surface area contributed by atoms with Crippen molar-refractivity contribution in [3.63, 3.8) is 0 Å². The predicted octanol–water partition coefficient (Wildman–Crippen LogP) is 14.6. The standard InChI is InChI=1S/C51H85NO6/c1-52(2)46-47-43-48(57-41-37-33-29-25-21-17-13-9-5-3-7-11-15-19-23-27-31-35-39-50(53)54)45-49(44-47)58-42-38-34-30-26-22-18-14-10-6-4-8-12-16-20-24-28-32-36-40-51(55)56/h5-12,43-45H,3-4,13-42,46H2,1-2H3,(H,53,54)(H,55,56). The van der Waals surface area contributed by atoms with Crippen molar-refractivity contribution < 1.29 is 29.3 Å². The summed E-state index contributed by atoms with van der Waals surface area (Å²) < 4.78 is 12.4. The number of aliphatic carboxylic acids is 2. The van der Waals surface area contributed by atoms with Gasteiger partial charge in [0.25, 0.3) is 0 Å². The first kappa shape index (κ1) is 52.7. The minimum absolute atomic E-state index is 0.306. The number of rotatable bonds is 42. The van der Waals surface area contributed by atoms with Crippen LogP contribution in [0.1, 0.15) is 198 Å². The van der Waals surface area contributed by atoms with Gasteiger partial charge >= 0.3 is 11.9 Å². The summed E-state index contributed by atoms with van der Waals surface area (Å²) in [4.78, 5) is 23.2. The van der Waals surface area contributed by atoms with E-state index in [1.807, 2.05) is 0 Å². The molecule has 0 spiro atoms. The second kappa shape index (κ2) is 40.5. The fourth-order valence-electron chi connectivity index (χ4n) is 6.93. The third kappa shape index (κ3) is 38.2. The quantitative estimate of drug-likeness (QED) is 0.0501. The number of carbonyl (C=O) groups is 2. The molecule has 1 aromatic carbocycles. The number of carboxylic acid groups (broad SMARTS) is 2. The molecule has 0 aliphatic rings. The maximum atomic E-state index is 10.5. The first-order chi connectivity index (χ1) is 28.4. The van der Waals surface area contributed by atoms with E-state index in [0.29, 0.717) is 12.8 Å². The number of hydrogen-bond donors (Lipinski definition) is 2. The highest BCUT2D eigenvalue weighted by Crippen LogP contribution is 2.25. The molecule has 1 rings (SSSR count). The molecule has 0 fully saturated rings. The largest absolute Gasteiger partial charge is 0.493 e. The van der Waals surface area contributed by atoms with Crippen LogP contribution in [-0.2, 0) is 16.1 Å². The molecule has 0 aliphatic heterocycles. The molecular formula is C51H85NO6. The van der Waals surface area contributed by atoms with Gasteiger partial charge in [0.1, 0.15) is 11.5 Å². The molecule has 0 atom stereocenters. The lowest BCUT2D eigenvalue weighted by atomic mass is 10.1. The average molecular weight is 808 g/mol. The van der Waals surface area contributed by atoms with Gasteiger partial charge in [-0.1, -0.05) is 138 Å². The van der Waals surface area contributed by atoms with Crippen LogP contribution in [0.2, 0.25) is 0 Å². The zero-order chi connectivity index (χ0) is 42.0. The highest BCUT2D eigenvalue weighted by atomic mass is 16.5. The second-order valence-electron chi connectivity index (χ2n) is 16.3. The van der Waals surface area contributed by atoms with E-state index in [-0.39, 0.29) is 0 Å². The minimum Gasteiger partial charge on any atom is -0.493 e. The van der Waals surface area contributed by atoms with E-state index >= 15 is 0 Å². The van der Waals surface area contributed by atoms with Gasteiger partial charge in [0, 0.05) is 25.5 Å². The van der Waals surface area contributed by atoms with Gasteiger partial charge in [0.05, 0.1) is 13.2 Å². The fourth-order valence-corrected chi connectivity index (χ4v) is 6.93. The van der Waals surface area contributed by atoms with Crippen LogP contribution in [0.4, 0.5) is 0 Å². The van der Waals surface area contributed by atoms with E-state index in [1.54, 1.807) is 0 Å². The number of benzene rings is 1. The van der Waals surface area contributed by atoms with Crippen LogP contribution in [0.3, 0.4) is 0 Å². The Kier molecular flexibility index (Phi) is 36.8. The van der Waals surface area contributed by atoms with Crippen LogP contribution >= 0.6 is 0 Å². The fraction of sp³-hybridized carbons (Fsp3) is 0.686. The first-order valence-electron chi connectivity index (χ1n) is 23.4. The number of ether oxygens (including phenoxy) is 2. The van der Waals surface area contributed by atoms with Crippen LogP contribution < -0.4 is 9.47 Å². The monoisotopic (exact) mass is 808 g/mol. The van der Waals surface area contributed by atoms with Crippen molar-refractivity contribution in [2.75, 3.05) is 27.3 Å². The molecule has 0 heterocycles. The summed E-state index contributed by atoms with van der Waals surface area (Å²) in [6.45, 7) is 2.37. The molecule has 0 aliphatic carbocycles. The summed E-state index contributed by atoms with van der Waals surface area (Å²) in [5, 5.41) is 17.3. The molecule has 7 heteroatoms. The molecule has 0 bridgehead atoms. The third-order valence-corrected chi connectivity index (χ3v) is 10.2. The zero-order valence-electron chi connectivity index (χ0n) is 37.2. The van der Waals surface area contributed by atoms with Gasteiger partial charge in [-0.05, 0) is 122 Å². The molecule has 0 unspecified atom stereocenters. The summed E-state index contributed by atoms with van der Waals surface area (Å²) >= 11 is 0. The molecule has 58 heavy (non-hydrogen) atoms. The SMILES string of the molecule is CN(C)Cc1cc(OCCCCCCCCC=CCC=CCCCCCCCC(=O)O)cc(OCCCCCCCCC=CCC=CCCCCCCCC(=O)O)c1. The van der Waals surface area contributed by atoms with Crippen molar-refractivity contribution in [1.82, 2.24) is 4.90 Å². The van der Waals surface area contributed by atoms with Gasteiger partial charge < -0.3 is 24.6 Å². The van der Waals surface area contributed by atoms with Gasteiger partial charge in [-0.15, -0.1) is 0 Å². The smallest absolute Gasteiger partial charge is 0.303 e. The highest BCUT2D eigenvalue weighted by molar-refractivity contribution is 5.66. The molecule has 1 aromatic rings. The lowest BCUT2D eigenvalue weighted by Crippen LogP contribution is -2.11. The van der Waals surface area contributed by atoms with Gasteiger partial charge in [0.2, 0.25) is 0 Å². The molecular weight excluding hydrogens is 723 g/mol. The van der Waals surface area contributed by atoms with Crippen molar-refractivity contribution in [3.05, 3.63) is 72.4 Å². The Bertz CT molecular complexity index is 1150. The summed E-state index contributed by atoms with van der Waals surface area (Å²) in [7, 11) is 4.19. The van der Waals surface area contributed by atoms with Crippen LogP contribution in [0, 0.1) is 0 Å². The molecule has 7 nitrogen and oxygen atoms in total. The molecule has 0 radical (unpaired) electrons. The van der Waals surface area contributed by atoms with Gasteiger partial charge in [0.15, 0.2) is 0 Å². The first-order valence-corrected chi connectivity index (χ1v) is 23.4. The summed E-state index contributed by atoms with van der Waals surface area (Å²) in [5.74, 6) is 0.481. The Morgan fingerprint density at radius 2 is 0.759 bits per heavy atom.